The molecule has 0 aliphatic carbocycles. The van der Waals surface area contributed by atoms with E-state index in [-0.39, 0.29) is 11.5 Å². The molecule has 4 rings (SSSR count). The van der Waals surface area contributed by atoms with Gasteiger partial charge in [0.1, 0.15) is 0 Å². The molecule has 2 heterocycles. The zero-order chi connectivity index (χ0) is 19.0. The van der Waals surface area contributed by atoms with E-state index >= 15 is 0 Å². The number of nitrogens with zero attached hydrogens (tertiary/aromatic N) is 1. The average Bonchev–Trinajstić information content (AvgIpc) is 3.31. The highest BCUT2D eigenvalue weighted by atomic mass is 32.1. The minimum Gasteiger partial charge on any atom is -0.297 e. The number of nitrogens with one attached hydrogen (secondary N) is 1. The van der Waals surface area contributed by atoms with Gasteiger partial charge in [0, 0.05) is 0 Å². The number of rotatable bonds is 3. The number of benzene rings is 2. The van der Waals surface area contributed by atoms with Gasteiger partial charge in [0.2, 0.25) is 0 Å². The maximum atomic E-state index is 3.65. The molecule has 3 heteroatoms. The molecule has 0 fully saturated rings. The lowest BCUT2D eigenvalue weighted by Gasteiger charge is -2.27. The van der Waals surface area contributed by atoms with Crippen molar-refractivity contribution in [3.05, 3.63) is 93.7 Å². The van der Waals surface area contributed by atoms with Gasteiger partial charge in [-0.3, -0.25) is 10.4 Å². The molecule has 0 saturated heterocycles. The van der Waals surface area contributed by atoms with Gasteiger partial charge in [0.15, 0.2) is 0 Å². The van der Waals surface area contributed by atoms with Crippen molar-refractivity contribution >= 4 is 22.7 Å². The standard InChI is InChI=1S/C24H26N2S/c1-17-6-5-7-21(14-17)26-23(19-12-13-27-16-19)15-22(25-26)18-8-10-20(11-9-18)24(2,3)4/h5-16,23,25H,1-4H3. The summed E-state index contributed by atoms with van der Waals surface area (Å²) >= 11 is 1.74. The van der Waals surface area contributed by atoms with E-state index in [4.69, 9.17) is 0 Å². The van der Waals surface area contributed by atoms with Crippen LogP contribution < -0.4 is 10.4 Å². The number of hydrogen-bond donors (Lipinski definition) is 1. The molecule has 1 atom stereocenters. The van der Waals surface area contributed by atoms with E-state index in [1.165, 1.54) is 27.9 Å². The van der Waals surface area contributed by atoms with Crippen LogP contribution in [-0.2, 0) is 5.41 Å². The lowest BCUT2D eigenvalue weighted by Crippen LogP contribution is -2.33. The predicted octanol–water partition coefficient (Wildman–Crippen LogP) is 6.46. The number of thiophene rings is 1. The Bertz CT molecular complexity index is 947. The third-order valence-corrected chi connectivity index (χ3v) is 5.77. The fourth-order valence-electron chi connectivity index (χ4n) is 3.47. The molecule has 0 spiro atoms. The highest BCUT2D eigenvalue weighted by Gasteiger charge is 2.27. The average molecular weight is 375 g/mol. The summed E-state index contributed by atoms with van der Waals surface area (Å²) in [6.07, 6.45) is 2.33. The van der Waals surface area contributed by atoms with Crippen LogP contribution in [0.3, 0.4) is 0 Å². The van der Waals surface area contributed by atoms with Crippen molar-refractivity contribution in [2.24, 2.45) is 0 Å². The van der Waals surface area contributed by atoms with Crippen LogP contribution in [0.1, 0.15) is 49.1 Å². The lowest BCUT2D eigenvalue weighted by molar-refractivity contribution is 0.590. The zero-order valence-electron chi connectivity index (χ0n) is 16.4. The van der Waals surface area contributed by atoms with Gasteiger partial charge in [-0.15, -0.1) is 0 Å². The molecule has 2 aromatic carbocycles. The second-order valence-electron chi connectivity index (χ2n) is 8.23. The summed E-state index contributed by atoms with van der Waals surface area (Å²) in [6, 6.07) is 20.0. The van der Waals surface area contributed by atoms with Crippen molar-refractivity contribution < 1.29 is 0 Å². The summed E-state index contributed by atoms with van der Waals surface area (Å²) in [5, 5.41) is 6.65. The van der Waals surface area contributed by atoms with Crippen molar-refractivity contribution in [3.8, 4) is 0 Å². The number of anilines is 1. The maximum absolute atomic E-state index is 3.65. The summed E-state index contributed by atoms with van der Waals surface area (Å²) < 4.78 is 0. The van der Waals surface area contributed by atoms with Gasteiger partial charge >= 0.3 is 0 Å². The third-order valence-electron chi connectivity index (χ3n) is 5.07. The minimum atomic E-state index is 0.169. The van der Waals surface area contributed by atoms with Crippen LogP contribution >= 0.6 is 11.3 Å². The zero-order valence-corrected chi connectivity index (χ0v) is 17.2. The lowest BCUT2D eigenvalue weighted by atomic mass is 9.86. The Labute approximate surface area is 166 Å². The molecule has 0 amide bonds. The largest absolute Gasteiger partial charge is 0.297 e. The Hall–Kier alpha value is -2.52. The van der Waals surface area contributed by atoms with Crippen LogP contribution in [0.15, 0.2) is 71.4 Å². The van der Waals surface area contributed by atoms with E-state index in [0.717, 1.165) is 5.70 Å². The monoisotopic (exact) mass is 374 g/mol. The van der Waals surface area contributed by atoms with Gasteiger partial charge < -0.3 is 0 Å². The van der Waals surface area contributed by atoms with Crippen LogP contribution in [0, 0.1) is 6.92 Å². The van der Waals surface area contributed by atoms with E-state index in [1.54, 1.807) is 11.3 Å². The maximum Gasteiger partial charge on any atom is 0.0966 e. The SMILES string of the molecule is Cc1cccc(N2NC(c3ccc(C(C)(C)C)cc3)=CC2c2ccsc2)c1. The highest BCUT2D eigenvalue weighted by molar-refractivity contribution is 7.08. The fraction of sp³-hybridized carbons (Fsp3) is 0.250. The summed E-state index contributed by atoms with van der Waals surface area (Å²) in [4.78, 5) is 0. The molecular formula is C24H26N2S. The third kappa shape index (κ3) is 3.65. The van der Waals surface area contributed by atoms with E-state index in [1.807, 2.05) is 0 Å². The Morgan fingerprint density at radius 2 is 1.78 bits per heavy atom. The van der Waals surface area contributed by atoms with Crippen molar-refractivity contribution in [1.82, 2.24) is 5.43 Å². The van der Waals surface area contributed by atoms with E-state index < -0.39 is 0 Å². The molecule has 1 aliphatic heterocycles. The Morgan fingerprint density at radius 3 is 2.41 bits per heavy atom. The number of hydrogen-bond acceptors (Lipinski definition) is 3. The molecule has 0 bridgehead atoms. The van der Waals surface area contributed by atoms with Crippen molar-refractivity contribution in [3.63, 3.8) is 0 Å². The first kappa shape index (κ1) is 17.9. The minimum absolute atomic E-state index is 0.169. The van der Waals surface area contributed by atoms with Crippen LogP contribution in [-0.4, -0.2) is 0 Å². The van der Waals surface area contributed by atoms with Gasteiger partial charge in [-0.1, -0.05) is 57.2 Å². The van der Waals surface area contributed by atoms with Crippen molar-refractivity contribution in [1.29, 1.82) is 0 Å². The van der Waals surface area contributed by atoms with E-state index in [9.17, 15) is 0 Å². The number of hydrazine groups is 1. The van der Waals surface area contributed by atoms with E-state index in [2.05, 4.69) is 110 Å². The molecule has 0 radical (unpaired) electrons. The van der Waals surface area contributed by atoms with Gasteiger partial charge in [-0.25, -0.2) is 0 Å². The molecule has 1 aromatic heterocycles. The molecular weight excluding hydrogens is 348 g/mol. The smallest absolute Gasteiger partial charge is 0.0966 e. The summed E-state index contributed by atoms with van der Waals surface area (Å²) in [5.41, 5.74) is 11.3. The normalized spacial score (nSPS) is 17.0. The molecule has 0 saturated carbocycles. The van der Waals surface area contributed by atoms with Gasteiger partial charge in [-0.2, -0.15) is 11.3 Å². The Kier molecular flexibility index (Phi) is 4.56. The van der Waals surface area contributed by atoms with E-state index in [0.29, 0.717) is 0 Å². The molecule has 1 aliphatic rings. The molecule has 138 valence electrons. The first-order chi connectivity index (χ1) is 12.9. The van der Waals surface area contributed by atoms with Crippen molar-refractivity contribution in [2.75, 3.05) is 5.01 Å². The van der Waals surface area contributed by atoms with Crippen LogP contribution in [0.5, 0.6) is 0 Å². The highest BCUT2D eigenvalue weighted by Crippen LogP contribution is 2.36. The van der Waals surface area contributed by atoms with Crippen LogP contribution in [0.2, 0.25) is 0 Å². The fourth-order valence-corrected chi connectivity index (χ4v) is 4.16. The summed E-state index contributed by atoms with van der Waals surface area (Å²) in [5.74, 6) is 0. The molecule has 27 heavy (non-hydrogen) atoms. The topological polar surface area (TPSA) is 15.3 Å². The summed E-state index contributed by atoms with van der Waals surface area (Å²) in [7, 11) is 0. The number of aryl methyl sites for hydroxylation is 1. The molecule has 2 nitrogen and oxygen atoms in total. The second kappa shape index (κ2) is 6.90. The molecule has 3 aromatic rings. The molecule has 1 N–H and O–H groups in total. The molecule has 1 unspecified atom stereocenters. The van der Waals surface area contributed by atoms with Gasteiger partial charge in [0.25, 0.3) is 0 Å². The van der Waals surface area contributed by atoms with Crippen LogP contribution in [0.25, 0.3) is 5.70 Å². The van der Waals surface area contributed by atoms with Crippen molar-refractivity contribution in [2.45, 2.75) is 39.2 Å². The first-order valence-electron chi connectivity index (χ1n) is 9.39. The Morgan fingerprint density at radius 1 is 1.00 bits per heavy atom. The Balaban J connectivity index is 1.69. The van der Waals surface area contributed by atoms with Crippen LogP contribution in [0.4, 0.5) is 5.69 Å². The van der Waals surface area contributed by atoms with Gasteiger partial charge in [-0.05, 0) is 69.6 Å². The summed E-state index contributed by atoms with van der Waals surface area (Å²) in [6.45, 7) is 8.89. The quantitative estimate of drug-likeness (QED) is 0.566. The second-order valence-corrected chi connectivity index (χ2v) is 9.01. The predicted molar refractivity (Wildman–Crippen MR) is 117 cm³/mol. The first-order valence-corrected chi connectivity index (χ1v) is 10.3. The van der Waals surface area contributed by atoms with Gasteiger partial charge in [0.05, 0.1) is 17.4 Å².